The van der Waals surface area contributed by atoms with Gasteiger partial charge in [-0.1, -0.05) is 49.2 Å². The molecule has 4 aromatic carbocycles. The van der Waals surface area contributed by atoms with Gasteiger partial charge < -0.3 is 18.1 Å². The highest BCUT2D eigenvalue weighted by atomic mass is 16.7. The van der Waals surface area contributed by atoms with Crippen LogP contribution in [0.25, 0.3) is 55.0 Å². The van der Waals surface area contributed by atoms with Crippen LogP contribution >= 0.6 is 0 Å². The zero-order valence-electron chi connectivity index (χ0n) is 23.5. The molecule has 0 bridgehead atoms. The molecule has 0 radical (unpaired) electrons. The summed E-state index contributed by atoms with van der Waals surface area (Å²) in [6, 6.07) is 25.8. The Hall–Kier alpha value is -3.54. The molecule has 0 atom stereocenters. The minimum atomic E-state index is -0.499. The number of benzene rings is 4. The Morgan fingerprint density at radius 1 is 0.625 bits per heavy atom. The maximum absolute atomic E-state index is 6.57. The first-order valence-corrected chi connectivity index (χ1v) is 14.5. The third-order valence-corrected chi connectivity index (χ3v) is 9.67. The van der Waals surface area contributed by atoms with E-state index in [1.807, 2.05) is 12.1 Å². The van der Waals surface area contributed by atoms with Crippen molar-refractivity contribution in [1.82, 2.24) is 0 Å². The van der Waals surface area contributed by atoms with Crippen LogP contribution in [-0.4, -0.2) is 18.3 Å². The van der Waals surface area contributed by atoms with Gasteiger partial charge in [0.25, 0.3) is 0 Å². The van der Waals surface area contributed by atoms with Crippen molar-refractivity contribution in [3.05, 3.63) is 78.4 Å². The van der Waals surface area contributed by atoms with Crippen molar-refractivity contribution < 1.29 is 18.1 Å². The minimum absolute atomic E-state index is 0.439. The topological polar surface area (TPSA) is 44.7 Å². The van der Waals surface area contributed by atoms with Crippen LogP contribution in [0.15, 0.2) is 81.6 Å². The smallest absolute Gasteiger partial charge is 0.456 e. The summed E-state index contributed by atoms with van der Waals surface area (Å²) in [6.07, 6.45) is 5.22. The van der Waals surface area contributed by atoms with Gasteiger partial charge >= 0.3 is 7.12 Å². The van der Waals surface area contributed by atoms with E-state index in [1.165, 1.54) is 36.6 Å². The van der Waals surface area contributed by atoms with E-state index in [-0.39, 0.29) is 0 Å². The number of fused-ring (bicyclic) bond motifs is 6. The SMILES string of the molecule is CC1(C)OB(c2cc(-c3ccc4oc5ccc(C6CCCC6)cc5c4c3)cc3oc4ccccc4c23)OC1(C)C. The van der Waals surface area contributed by atoms with E-state index >= 15 is 0 Å². The molecule has 0 spiro atoms. The summed E-state index contributed by atoms with van der Waals surface area (Å²) in [5, 5.41) is 4.46. The summed E-state index contributed by atoms with van der Waals surface area (Å²) >= 11 is 0. The Kier molecular flexibility index (Phi) is 5.15. The van der Waals surface area contributed by atoms with Gasteiger partial charge in [-0.05, 0) is 105 Å². The average Bonchev–Trinajstić information content (AvgIpc) is 3.71. The molecule has 1 saturated carbocycles. The molecule has 200 valence electrons. The van der Waals surface area contributed by atoms with Gasteiger partial charge in [0.1, 0.15) is 22.3 Å². The van der Waals surface area contributed by atoms with Crippen LogP contribution in [0, 0.1) is 0 Å². The van der Waals surface area contributed by atoms with Crippen molar-refractivity contribution in [2.45, 2.75) is 70.5 Å². The second kappa shape index (κ2) is 8.48. The third-order valence-electron chi connectivity index (χ3n) is 9.67. The molecule has 8 rings (SSSR count). The Bertz CT molecular complexity index is 1920. The van der Waals surface area contributed by atoms with Crippen LogP contribution in [0.2, 0.25) is 0 Å². The lowest BCUT2D eigenvalue weighted by Crippen LogP contribution is -2.41. The highest BCUT2D eigenvalue weighted by Crippen LogP contribution is 2.41. The Balaban J connectivity index is 1.32. The molecule has 2 aliphatic rings. The van der Waals surface area contributed by atoms with E-state index in [9.17, 15) is 0 Å². The lowest BCUT2D eigenvalue weighted by molar-refractivity contribution is 0.00578. The summed E-state index contributed by atoms with van der Waals surface area (Å²) in [4.78, 5) is 0. The summed E-state index contributed by atoms with van der Waals surface area (Å²) in [5.74, 6) is 0.662. The van der Waals surface area contributed by atoms with Crippen LogP contribution in [0.4, 0.5) is 0 Å². The largest absolute Gasteiger partial charge is 0.495 e. The standard InChI is InChI=1S/C35H33BO4/c1-34(2)35(3,4)40-36(39-34)28-19-24(20-32-33(28)25-11-7-8-12-29(25)38-32)23-14-16-31-27(18-23)26-17-22(13-15-30(26)37-31)21-9-5-6-10-21/h7-8,11-21H,5-6,9-10H2,1-4H3. The van der Waals surface area contributed by atoms with Gasteiger partial charge in [0.05, 0.1) is 11.2 Å². The van der Waals surface area contributed by atoms with Crippen molar-refractivity contribution in [2.75, 3.05) is 0 Å². The Morgan fingerprint density at radius 3 is 2.05 bits per heavy atom. The molecule has 6 aromatic rings. The highest BCUT2D eigenvalue weighted by molar-refractivity contribution is 6.66. The zero-order chi connectivity index (χ0) is 27.2. The van der Waals surface area contributed by atoms with Gasteiger partial charge in [0.15, 0.2) is 0 Å². The molecule has 40 heavy (non-hydrogen) atoms. The summed E-state index contributed by atoms with van der Waals surface area (Å²) in [6.45, 7) is 8.39. The fraction of sp³-hybridized carbons (Fsp3) is 0.314. The maximum atomic E-state index is 6.57. The Morgan fingerprint density at radius 2 is 1.27 bits per heavy atom. The number of rotatable bonds is 3. The molecule has 0 amide bonds. The van der Waals surface area contributed by atoms with Crippen LogP contribution in [0.3, 0.4) is 0 Å². The first-order chi connectivity index (χ1) is 19.3. The van der Waals surface area contributed by atoms with Crippen molar-refractivity contribution in [3.63, 3.8) is 0 Å². The van der Waals surface area contributed by atoms with E-state index in [4.69, 9.17) is 18.1 Å². The van der Waals surface area contributed by atoms with Crippen molar-refractivity contribution in [2.24, 2.45) is 0 Å². The van der Waals surface area contributed by atoms with Gasteiger partial charge in [-0.3, -0.25) is 0 Å². The lowest BCUT2D eigenvalue weighted by Gasteiger charge is -2.32. The second-order valence-electron chi connectivity index (χ2n) is 12.7. The maximum Gasteiger partial charge on any atom is 0.495 e. The van der Waals surface area contributed by atoms with E-state index < -0.39 is 18.3 Å². The van der Waals surface area contributed by atoms with E-state index in [2.05, 4.69) is 88.4 Å². The average molecular weight is 528 g/mol. The summed E-state index contributed by atoms with van der Waals surface area (Å²) in [5.41, 5.74) is 7.30. The molecule has 2 aromatic heterocycles. The number of hydrogen-bond donors (Lipinski definition) is 0. The van der Waals surface area contributed by atoms with Gasteiger partial charge in [0.2, 0.25) is 0 Å². The monoisotopic (exact) mass is 528 g/mol. The summed E-state index contributed by atoms with van der Waals surface area (Å²) in [7, 11) is -0.499. The second-order valence-corrected chi connectivity index (χ2v) is 12.7. The minimum Gasteiger partial charge on any atom is -0.456 e. The first-order valence-electron chi connectivity index (χ1n) is 14.5. The quantitative estimate of drug-likeness (QED) is 0.215. The number of hydrogen-bond acceptors (Lipinski definition) is 4. The van der Waals surface area contributed by atoms with E-state index in [0.29, 0.717) is 5.92 Å². The highest BCUT2D eigenvalue weighted by Gasteiger charge is 2.52. The normalized spacial score (nSPS) is 19.1. The van der Waals surface area contributed by atoms with Crippen molar-refractivity contribution in [3.8, 4) is 11.1 Å². The number of furan rings is 2. The molecule has 1 aliphatic heterocycles. The van der Waals surface area contributed by atoms with Gasteiger partial charge in [-0.25, -0.2) is 0 Å². The Labute approximate surface area is 234 Å². The fourth-order valence-electron chi connectivity index (χ4n) is 6.70. The predicted octanol–water partition coefficient (Wildman–Crippen LogP) is 9.11. The first kappa shape index (κ1) is 24.3. The third kappa shape index (κ3) is 3.61. The van der Waals surface area contributed by atoms with Crippen LogP contribution in [-0.2, 0) is 9.31 Å². The molecule has 1 saturated heterocycles. The molecule has 4 nitrogen and oxygen atoms in total. The van der Waals surface area contributed by atoms with Crippen molar-refractivity contribution >= 4 is 56.5 Å². The van der Waals surface area contributed by atoms with Crippen molar-refractivity contribution in [1.29, 1.82) is 0 Å². The van der Waals surface area contributed by atoms with Gasteiger partial charge in [-0.15, -0.1) is 0 Å². The molecule has 3 heterocycles. The lowest BCUT2D eigenvalue weighted by atomic mass is 9.75. The molecule has 0 unspecified atom stereocenters. The molecular formula is C35H33BO4. The van der Waals surface area contributed by atoms with E-state index in [1.54, 1.807) is 0 Å². The van der Waals surface area contributed by atoms with Crippen LogP contribution in [0.5, 0.6) is 0 Å². The number of para-hydroxylation sites is 1. The fourth-order valence-corrected chi connectivity index (χ4v) is 6.70. The molecule has 1 aliphatic carbocycles. The van der Waals surface area contributed by atoms with Crippen LogP contribution in [0.1, 0.15) is 64.9 Å². The van der Waals surface area contributed by atoms with E-state index in [0.717, 1.165) is 55.1 Å². The van der Waals surface area contributed by atoms with Gasteiger partial charge in [0, 0.05) is 21.5 Å². The predicted molar refractivity (Wildman–Crippen MR) is 163 cm³/mol. The molecule has 0 N–H and O–H groups in total. The van der Waals surface area contributed by atoms with Crippen LogP contribution < -0.4 is 5.46 Å². The zero-order valence-corrected chi connectivity index (χ0v) is 23.5. The van der Waals surface area contributed by atoms with Gasteiger partial charge in [-0.2, -0.15) is 0 Å². The molecule has 5 heteroatoms. The molecule has 2 fully saturated rings. The molecular weight excluding hydrogens is 495 g/mol. The summed E-state index contributed by atoms with van der Waals surface area (Å²) < 4.78 is 25.8.